The maximum atomic E-state index is 12.3. The summed E-state index contributed by atoms with van der Waals surface area (Å²) in [7, 11) is 0. The molecule has 2 heterocycles. The first-order valence-corrected chi connectivity index (χ1v) is 8.45. The van der Waals surface area contributed by atoms with Crippen LogP contribution in [-0.2, 0) is 4.74 Å². The normalized spacial score (nSPS) is 17.2. The third kappa shape index (κ3) is 4.65. The quantitative estimate of drug-likeness (QED) is 0.792. The minimum absolute atomic E-state index is 0.165. The summed E-state index contributed by atoms with van der Waals surface area (Å²) >= 11 is 0. The molecule has 0 radical (unpaired) electrons. The van der Waals surface area contributed by atoms with E-state index >= 15 is 0 Å². The van der Waals surface area contributed by atoms with Gasteiger partial charge < -0.3 is 15.0 Å². The van der Waals surface area contributed by atoms with Crippen molar-refractivity contribution in [2.75, 3.05) is 32.8 Å². The Morgan fingerprint density at radius 2 is 2.04 bits per heavy atom. The summed E-state index contributed by atoms with van der Waals surface area (Å²) < 4.78 is 5.43. The maximum absolute atomic E-state index is 12.3. The molecule has 0 bridgehead atoms. The molecular formula is C17H27N3O3. The molecule has 0 saturated carbocycles. The van der Waals surface area contributed by atoms with E-state index in [2.05, 4.69) is 29.0 Å². The van der Waals surface area contributed by atoms with Crippen molar-refractivity contribution in [2.45, 2.75) is 32.7 Å². The molecule has 1 aliphatic heterocycles. The van der Waals surface area contributed by atoms with E-state index in [4.69, 9.17) is 4.74 Å². The third-order valence-corrected chi connectivity index (χ3v) is 4.64. The zero-order chi connectivity index (χ0) is 16.7. The molecule has 6 nitrogen and oxygen atoms in total. The number of hydrogen-bond donors (Lipinski definition) is 2. The highest BCUT2D eigenvalue weighted by atomic mass is 16.5. The van der Waals surface area contributed by atoms with E-state index in [0.29, 0.717) is 12.5 Å². The molecule has 128 valence electrons. The van der Waals surface area contributed by atoms with Gasteiger partial charge in [-0.05, 0) is 18.1 Å². The van der Waals surface area contributed by atoms with Gasteiger partial charge in [0.1, 0.15) is 5.56 Å². The van der Waals surface area contributed by atoms with Crippen molar-refractivity contribution < 1.29 is 9.53 Å². The molecule has 6 heteroatoms. The van der Waals surface area contributed by atoms with Crippen molar-refractivity contribution in [3.05, 3.63) is 34.2 Å². The Morgan fingerprint density at radius 1 is 1.35 bits per heavy atom. The van der Waals surface area contributed by atoms with Crippen LogP contribution in [0.15, 0.2) is 23.1 Å². The number of aromatic nitrogens is 1. The van der Waals surface area contributed by atoms with Crippen molar-refractivity contribution in [1.82, 2.24) is 15.2 Å². The number of carbonyl (C=O) groups is 1. The zero-order valence-electron chi connectivity index (χ0n) is 14.0. The lowest BCUT2D eigenvalue weighted by Gasteiger charge is -2.38. The number of aromatic amines is 1. The van der Waals surface area contributed by atoms with Crippen LogP contribution in [0.2, 0.25) is 0 Å². The van der Waals surface area contributed by atoms with Gasteiger partial charge in [-0.1, -0.05) is 26.7 Å². The van der Waals surface area contributed by atoms with Crippen LogP contribution in [0, 0.1) is 5.92 Å². The highest BCUT2D eigenvalue weighted by molar-refractivity contribution is 5.93. The molecule has 0 aliphatic carbocycles. The SMILES string of the molecule is CCC(CC)C(CNC(=O)c1ccc[nH]c1=O)N1CCOCC1. The van der Waals surface area contributed by atoms with Gasteiger partial charge in [-0.25, -0.2) is 0 Å². The highest BCUT2D eigenvalue weighted by Gasteiger charge is 2.27. The fraction of sp³-hybridized carbons (Fsp3) is 0.647. The number of rotatable bonds is 7. The number of pyridine rings is 1. The number of carbonyl (C=O) groups excluding carboxylic acids is 1. The van der Waals surface area contributed by atoms with Crippen molar-refractivity contribution in [2.24, 2.45) is 5.92 Å². The van der Waals surface area contributed by atoms with Gasteiger partial charge in [0, 0.05) is 31.9 Å². The zero-order valence-corrected chi connectivity index (χ0v) is 14.0. The van der Waals surface area contributed by atoms with E-state index in [9.17, 15) is 9.59 Å². The van der Waals surface area contributed by atoms with Gasteiger partial charge in [-0.2, -0.15) is 0 Å². The molecule has 1 aliphatic rings. The number of amides is 1. The van der Waals surface area contributed by atoms with E-state index in [1.54, 1.807) is 12.1 Å². The second-order valence-electron chi connectivity index (χ2n) is 5.92. The molecule has 1 aromatic rings. The maximum Gasteiger partial charge on any atom is 0.260 e. The van der Waals surface area contributed by atoms with Crippen LogP contribution in [0.1, 0.15) is 37.0 Å². The van der Waals surface area contributed by atoms with Crippen molar-refractivity contribution >= 4 is 5.91 Å². The summed E-state index contributed by atoms with van der Waals surface area (Å²) in [6, 6.07) is 3.49. The second kappa shape index (κ2) is 8.84. The van der Waals surface area contributed by atoms with Crippen LogP contribution in [0.4, 0.5) is 0 Å². The Kier molecular flexibility index (Phi) is 6.80. The lowest BCUT2D eigenvalue weighted by molar-refractivity contribution is 0.00191. The largest absolute Gasteiger partial charge is 0.379 e. The molecule has 1 fully saturated rings. The molecule has 1 saturated heterocycles. The van der Waals surface area contributed by atoms with Gasteiger partial charge in [0.15, 0.2) is 0 Å². The summed E-state index contributed by atoms with van der Waals surface area (Å²) in [4.78, 5) is 28.9. The van der Waals surface area contributed by atoms with Crippen LogP contribution < -0.4 is 10.9 Å². The molecule has 1 amide bonds. The standard InChI is InChI=1S/C17H27N3O3/c1-3-13(4-2)15(20-8-10-23-11-9-20)12-19-17(22)14-6-5-7-18-16(14)21/h5-7,13,15H,3-4,8-12H2,1-2H3,(H,18,21)(H,19,22). The van der Waals surface area contributed by atoms with E-state index in [-0.39, 0.29) is 23.1 Å². The van der Waals surface area contributed by atoms with Crippen LogP contribution >= 0.6 is 0 Å². The Morgan fingerprint density at radius 3 is 2.65 bits per heavy atom. The fourth-order valence-corrected chi connectivity index (χ4v) is 3.23. The van der Waals surface area contributed by atoms with Crippen LogP contribution in [0.3, 0.4) is 0 Å². The summed E-state index contributed by atoms with van der Waals surface area (Å²) in [5.41, 5.74) is -0.187. The van der Waals surface area contributed by atoms with Gasteiger partial charge in [0.25, 0.3) is 11.5 Å². The third-order valence-electron chi connectivity index (χ3n) is 4.64. The predicted molar refractivity (Wildman–Crippen MR) is 89.6 cm³/mol. The van der Waals surface area contributed by atoms with E-state index in [0.717, 1.165) is 39.1 Å². The molecule has 1 unspecified atom stereocenters. The molecule has 23 heavy (non-hydrogen) atoms. The van der Waals surface area contributed by atoms with Gasteiger partial charge >= 0.3 is 0 Å². The Hall–Kier alpha value is -1.66. The van der Waals surface area contributed by atoms with E-state index in [1.807, 2.05) is 0 Å². The number of hydrogen-bond acceptors (Lipinski definition) is 4. The monoisotopic (exact) mass is 321 g/mol. The minimum Gasteiger partial charge on any atom is -0.379 e. The summed E-state index contributed by atoms with van der Waals surface area (Å²) in [5.74, 6) is 0.207. The topological polar surface area (TPSA) is 74.4 Å². The first-order valence-electron chi connectivity index (χ1n) is 8.45. The number of morpholine rings is 1. The predicted octanol–water partition coefficient (Wildman–Crippen LogP) is 1.24. The number of ether oxygens (including phenoxy) is 1. The van der Waals surface area contributed by atoms with Gasteiger partial charge in [0.05, 0.1) is 13.2 Å². The Labute approximate surface area is 137 Å². The molecule has 0 aromatic carbocycles. The van der Waals surface area contributed by atoms with Crippen molar-refractivity contribution in [3.63, 3.8) is 0 Å². The van der Waals surface area contributed by atoms with Crippen molar-refractivity contribution in [1.29, 1.82) is 0 Å². The summed E-state index contributed by atoms with van der Waals surface area (Å²) in [6.45, 7) is 8.19. The molecule has 1 aromatic heterocycles. The Bertz CT molecular complexity index is 548. The van der Waals surface area contributed by atoms with Gasteiger partial charge in [-0.3, -0.25) is 14.5 Å². The first-order chi connectivity index (χ1) is 11.2. The van der Waals surface area contributed by atoms with Crippen LogP contribution in [0.25, 0.3) is 0 Å². The average Bonchev–Trinajstić information content (AvgIpc) is 2.59. The lowest BCUT2D eigenvalue weighted by atomic mass is 9.92. The van der Waals surface area contributed by atoms with E-state index in [1.165, 1.54) is 6.20 Å². The Balaban J connectivity index is 2.03. The summed E-state index contributed by atoms with van der Waals surface area (Å²) in [6.07, 6.45) is 3.67. The highest BCUT2D eigenvalue weighted by Crippen LogP contribution is 2.19. The lowest BCUT2D eigenvalue weighted by Crippen LogP contribution is -2.52. The number of nitrogens with one attached hydrogen (secondary N) is 2. The molecular weight excluding hydrogens is 294 g/mol. The van der Waals surface area contributed by atoms with Gasteiger partial charge in [-0.15, -0.1) is 0 Å². The molecule has 2 N–H and O–H groups in total. The average molecular weight is 321 g/mol. The molecule has 2 rings (SSSR count). The van der Waals surface area contributed by atoms with Crippen LogP contribution in [-0.4, -0.2) is 54.7 Å². The molecule has 1 atom stereocenters. The molecule has 0 spiro atoms. The van der Waals surface area contributed by atoms with E-state index < -0.39 is 0 Å². The smallest absolute Gasteiger partial charge is 0.260 e. The number of H-pyrrole nitrogens is 1. The van der Waals surface area contributed by atoms with Crippen LogP contribution in [0.5, 0.6) is 0 Å². The minimum atomic E-state index is -0.351. The van der Waals surface area contributed by atoms with Crippen molar-refractivity contribution in [3.8, 4) is 0 Å². The van der Waals surface area contributed by atoms with Gasteiger partial charge in [0.2, 0.25) is 0 Å². The fourth-order valence-electron chi connectivity index (χ4n) is 3.23. The first kappa shape index (κ1) is 17.7. The summed E-state index contributed by atoms with van der Waals surface area (Å²) in [5, 5.41) is 2.94. The number of nitrogens with zero attached hydrogens (tertiary/aromatic N) is 1. The second-order valence-corrected chi connectivity index (χ2v) is 5.92.